The number of nitrogens with zero attached hydrogens (tertiary/aromatic N) is 1. The van der Waals surface area contributed by atoms with Crippen molar-refractivity contribution in [2.24, 2.45) is 5.92 Å². The van der Waals surface area contributed by atoms with Crippen LogP contribution in [0.15, 0.2) is 5.38 Å². The van der Waals surface area contributed by atoms with Gasteiger partial charge in [-0.15, -0.1) is 11.3 Å². The summed E-state index contributed by atoms with van der Waals surface area (Å²) in [5, 5.41) is 14.5. The molecule has 1 rings (SSSR count). The summed E-state index contributed by atoms with van der Waals surface area (Å²) in [5.41, 5.74) is 0.0928. The second kappa shape index (κ2) is 7.57. The maximum atomic E-state index is 10.9. The van der Waals surface area contributed by atoms with Gasteiger partial charge in [0.1, 0.15) is 11.1 Å². The van der Waals surface area contributed by atoms with Crippen molar-refractivity contribution in [1.29, 1.82) is 0 Å². The zero-order chi connectivity index (χ0) is 14.4. The molecule has 0 spiro atoms. The summed E-state index contributed by atoms with van der Waals surface area (Å²) in [6.07, 6.45) is 0.636. The lowest BCUT2D eigenvalue weighted by atomic mass is 9.98. The Morgan fingerprint density at radius 3 is 2.68 bits per heavy atom. The number of rotatable bonds is 8. The first-order valence-electron chi connectivity index (χ1n) is 6.47. The summed E-state index contributed by atoms with van der Waals surface area (Å²) in [5.74, 6) is -0.515. The van der Waals surface area contributed by atoms with E-state index in [1.165, 1.54) is 11.3 Å². The molecule has 1 aromatic heterocycles. The molecule has 0 aliphatic rings. The first-order valence-corrected chi connectivity index (χ1v) is 7.35. The topological polar surface area (TPSA) is 71.5 Å². The average molecular weight is 286 g/mol. The van der Waals surface area contributed by atoms with Gasteiger partial charge in [0.05, 0.1) is 0 Å². The largest absolute Gasteiger partial charge is 0.476 e. The second-order valence-electron chi connectivity index (χ2n) is 4.70. The highest BCUT2D eigenvalue weighted by atomic mass is 32.1. The van der Waals surface area contributed by atoms with Crippen molar-refractivity contribution in [2.45, 2.75) is 39.3 Å². The van der Waals surface area contributed by atoms with Crippen LogP contribution in [0.25, 0.3) is 0 Å². The molecular weight excluding hydrogens is 264 g/mol. The Kier molecular flexibility index (Phi) is 6.41. The molecule has 0 aromatic carbocycles. The minimum Gasteiger partial charge on any atom is -0.476 e. The van der Waals surface area contributed by atoms with Gasteiger partial charge in [0, 0.05) is 18.0 Å². The van der Waals surface area contributed by atoms with Crippen LogP contribution in [0.3, 0.4) is 0 Å². The number of hydrogen-bond acceptors (Lipinski definition) is 5. The Balaban J connectivity index is 2.83. The van der Waals surface area contributed by atoms with Gasteiger partial charge >= 0.3 is 5.97 Å². The third kappa shape index (κ3) is 4.56. The van der Waals surface area contributed by atoms with Crippen molar-refractivity contribution in [2.75, 3.05) is 13.7 Å². The molecule has 2 N–H and O–H groups in total. The van der Waals surface area contributed by atoms with Gasteiger partial charge in [-0.3, -0.25) is 0 Å². The van der Waals surface area contributed by atoms with E-state index in [4.69, 9.17) is 9.84 Å². The van der Waals surface area contributed by atoms with Gasteiger partial charge in [-0.25, -0.2) is 9.78 Å². The molecule has 1 aromatic rings. The normalized spacial score (nSPS) is 14.6. The Hall–Kier alpha value is -0.980. The molecule has 0 aliphatic carbocycles. The standard InChI is InChI=1S/C13H22N2O3S/c1-5-18-11(6-9(14-4)8(2)3)12-15-10(7-19-12)13(16)17/h7-9,11,14H,5-6H2,1-4H3,(H,16,17)/t9-,11-/m1/s1. The summed E-state index contributed by atoms with van der Waals surface area (Å²) in [6.45, 7) is 6.81. The van der Waals surface area contributed by atoms with Crippen LogP contribution in [0.5, 0.6) is 0 Å². The smallest absolute Gasteiger partial charge is 0.355 e. The molecule has 0 radical (unpaired) electrons. The van der Waals surface area contributed by atoms with Gasteiger partial charge in [-0.05, 0) is 26.3 Å². The molecule has 0 fully saturated rings. The maximum absolute atomic E-state index is 10.9. The first-order chi connectivity index (χ1) is 8.99. The molecule has 5 nitrogen and oxygen atoms in total. The van der Waals surface area contributed by atoms with Crippen LogP contribution in [0.1, 0.15) is 48.8 Å². The zero-order valence-corrected chi connectivity index (χ0v) is 12.7. The fraction of sp³-hybridized carbons (Fsp3) is 0.692. The molecule has 0 bridgehead atoms. The van der Waals surface area contributed by atoms with Crippen LogP contribution in [0.2, 0.25) is 0 Å². The predicted octanol–water partition coefficient (Wildman–Crippen LogP) is 2.55. The Bertz CT molecular complexity index is 406. The third-order valence-corrected chi connectivity index (χ3v) is 3.96. The lowest BCUT2D eigenvalue weighted by Gasteiger charge is -2.24. The number of carbonyl (C=O) groups is 1. The lowest BCUT2D eigenvalue weighted by Crippen LogP contribution is -2.32. The third-order valence-electron chi connectivity index (χ3n) is 3.03. The van der Waals surface area contributed by atoms with Crippen molar-refractivity contribution >= 4 is 17.3 Å². The van der Waals surface area contributed by atoms with Crippen LogP contribution in [0.4, 0.5) is 0 Å². The molecule has 0 aliphatic heterocycles. The maximum Gasteiger partial charge on any atom is 0.355 e. The van der Waals surface area contributed by atoms with Crippen LogP contribution >= 0.6 is 11.3 Å². The fourth-order valence-electron chi connectivity index (χ4n) is 1.93. The molecule has 2 atom stereocenters. The summed E-state index contributed by atoms with van der Waals surface area (Å²) in [4.78, 5) is 15.0. The number of nitrogens with one attached hydrogen (secondary N) is 1. The fourth-order valence-corrected chi connectivity index (χ4v) is 2.78. The van der Waals surface area contributed by atoms with E-state index in [1.807, 2.05) is 14.0 Å². The molecule has 19 heavy (non-hydrogen) atoms. The predicted molar refractivity (Wildman–Crippen MR) is 75.7 cm³/mol. The highest BCUT2D eigenvalue weighted by Gasteiger charge is 2.23. The minimum absolute atomic E-state index is 0.0928. The first kappa shape index (κ1) is 16.1. The molecule has 6 heteroatoms. The Morgan fingerprint density at radius 1 is 1.58 bits per heavy atom. The van der Waals surface area contributed by atoms with Crippen molar-refractivity contribution in [3.8, 4) is 0 Å². The summed E-state index contributed by atoms with van der Waals surface area (Å²) in [7, 11) is 1.93. The van der Waals surface area contributed by atoms with E-state index in [0.717, 1.165) is 11.4 Å². The second-order valence-corrected chi connectivity index (χ2v) is 5.58. The zero-order valence-electron chi connectivity index (χ0n) is 11.8. The lowest BCUT2D eigenvalue weighted by molar-refractivity contribution is 0.0444. The molecule has 1 heterocycles. The number of thiazole rings is 1. The molecule has 108 valence electrons. The summed E-state index contributed by atoms with van der Waals surface area (Å²) in [6, 6.07) is 0.314. The van der Waals surface area contributed by atoms with Gasteiger partial charge in [-0.2, -0.15) is 0 Å². The Morgan fingerprint density at radius 2 is 2.26 bits per heavy atom. The van der Waals surface area contributed by atoms with E-state index in [1.54, 1.807) is 5.38 Å². The van der Waals surface area contributed by atoms with Gasteiger partial charge < -0.3 is 15.2 Å². The quantitative estimate of drug-likeness (QED) is 0.768. The van der Waals surface area contributed by atoms with E-state index >= 15 is 0 Å². The van der Waals surface area contributed by atoms with E-state index in [-0.39, 0.29) is 11.8 Å². The number of carboxylic acid groups (broad SMARTS) is 1. The van der Waals surface area contributed by atoms with E-state index in [2.05, 4.69) is 24.1 Å². The summed E-state index contributed by atoms with van der Waals surface area (Å²) < 4.78 is 5.72. The van der Waals surface area contributed by atoms with Crippen molar-refractivity contribution in [3.05, 3.63) is 16.1 Å². The number of carboxylic acids is 1. The van der Waals surface area contributed by atoms with Gasteiger partial charge in [0.15, 0.2) is 5.69 Å². The van der Waals surface area contributed by atoms with E-state index < -0.39 is 5.97 Å². The molecular formula is C13H22N2O3S. The molecule has 0 unspecified atom stereocenters. The molecule has 0 saturated carbocycles. The van der Waals surface area contributed by atoms with Gasteiger partial charge in [0.2, 0.25) is 0 Å². The summed E-state index contributed by atoms with van der Waals surface area (Å²) >= 11 is 1.35. The average Bonchev–Trinajstić information content (AvgIpc) is 2.83. The van der Waals surface area contributed by atoms with E-state index in [0.29, 0.717) is 18.6 Å². The monoisotopic (exact) mass is 286 g/mol. The van der Waals surface area contributed by atoms with Crippen LogP contribution in [-0.4, -0.2) is 35.8 Å². The number of ether oxygens (including phenoxy) is 1. The number of aromatic carboxylic acids is 1. The Labute approximate surface area is 118 Å². The van der Waals surface area contributed by atoms with Crippen LogP contribution in [-0.2, 0) is 4.74 Å². The van der Waals surface area contributed by atoms with Gasteiger partial charge in [-0.1, -0.05) is 13.8 Å². The van der Waals surface area contributed by atoms with Gasteiger partial charge in [0.25, 0.3) is 0 Å². The minimum atomic E-state index is -0.994. The van der Waals surface area contributed by atoms with Crippen LogP contribution in [0, 0.1) is 5.92 Å². The molecule has 0 amide bonds. The van der Waals surface area contributed by atoms with E-state index in [9.17, 15) is 4.79 Å². The highest BCUT2D eigenvalue weighted by Crippen LogP contribution is 2.27. The van der Waals surface area contributed by atoms with Crippen LogP contribution < -0.4 is 5.32 Å². The SMILES string of the molecule is CCO[C@H](C[C@@H](NC)C(C)C)c1nc(C(=O)O)cs1. The van der Waals surface area contributed by atoms with Crippen molar-refractivity contribution in [3.63, 3.8) is 0 Å². The highest BCUT2D eigenvalue weighted by molar-refractivity contribution is 7.09. The van der Waals surface area contributed by atoms with Crippen molar-refractivity contribution < 1.29 is 14.6 Å². The molecule has 0 saturated heterocycles. The number of hydrogen-bond donors (Lipinski definition) is 2. The number of aromatic nitrogens is 1. The van der Waals surface area contributed by atoms with Crippen molar-refractivity contribution in [1.82, 2.24) is 10.3 Å².